The van der Waals surface area contributed by atoms with E-state index in [1.54, 1.807) is 0 Å². The Morgan fingerprint density at radius 2 is 2.31 bits per heavy atom. The molecule has 88 valence electrons. The number of rotatable bonds is 5. The van der Waals surface area contributed by atoms with Gasteiger partial charge in [0.25, 0.3) is 0 Å². The molecule has 0 amide bonds. The summed E-state index contributed by atoms with van der Waals surface area (Å²) < 4.78 is 0. The van der Waals surface area contributed by atoms with Crippen molar-refractivity contribution in [1.29, 1.82) is 0 Å². The van der Waals surface area contributed by atoms with Crippen molar-refractivity contribution in [2.45, 2.75) is 45.1 Å². The van der Waals surface area contributed by atoms with E-state index in [9.17, 15) is 4.79 Å². The van der Waals surface area contributed by atoms with Gasteiger partial charge in [-0.05, 0) is 26.2 Å². The molecule has 0 saturated heterocycles. The van der Waals surface area contributed by atoms with Crippen LogP contribution in [0.5, 0.6) is 0 Å². The van der Waals surface area contributed by atoms with Crippen molar-refractivity contribution >= 4 is 22.8 Å². The highest BCUT2D eigenvalue weighted by Crippen LogP contribution is 2.43. The lowest BCUT2D eigenvalue weighted by molar-refractivity contribution is 0.112. The van der Waals surface area contributed by atoms with Crippen molar-refractivity contribution in [3.8, 4) is 0 Å². The van der Waals surface area contributed by atoms with Crippen LogP contribution in [0.25, 0.3) is 0 Å². The number of nitrogens with zero attached hydrogens (tertiary/aromatic N) is 2. The SMILES string of the molecule is CCC(C)N(C)c1nc(C2CC2)c(C=O)s1. The quantitative estimate of drug-likeness (QED) is 0.739. The van der Waals surface area contributed by atoms with E-state index in [2.05, 4.69) is 30.8 Å². The summed E-state index contributed by atoms with van der Waals surface area (Å²) in [6.45, 7) is 4.34. The predicted octanol–water partition coefficient (Wildman–Crippen LogP) is 3.07. The van der Waals surface area contributed by atoms with E-state index in [4.69, 9.17) is 0 Å². The van der Waals surface area contributed by atoms with Crippen LogP contribution in [0.15, 0.2) is 0 Å². The first kappa shape index (κ1) is 11.6. The number of carbonyl (C=O) groups is 1. The highest BCUT2D eigenvalue weighted by Gasteiger charge is 2.30. The third kappa shape index (κ3) is 2.12. The smallest absolute Gasteiger partial charge is 0.186 e. The van der Waals surface area contributed by atoms with Gasteiger partial charge >= 0.3 is 0 Å². The molecule has 0 aromatic carbocycles. The second kappa shape index (κ2) is 4.53. The number of thiazole rings is 1. The molecule has 2 rings (SSSR count). The summed E-state index contributed by atoms with van der Waals surface area (Å²) in [5.41, 5.74) is 1.03. The van der Waals surface area contributed by atoms with Crippen LogP contribution in [0, 0.1) is 0 Å². The molecule has 1 aliphatic rings. The fraction of sp³-hybridized carbons (Fsp3) is 0.667. The third-order valence-electron chi connectivity index (χ3n) is 3.29. The van der Waals surface area contributed by atoms with Gasteiger partial charge in [0.1, 0.15) is 0 Å². The molecule has 16 heavy (non-hydrogen) atoms. The van der Waals surface area contributed by atoms with Crippen LogP contribution in [0.4, 0.5) is 5.13 Å². The van der Waals surface area contributed by atoms with E-state index in [1.165, 1.54) is 24.2 Å². The molecule has 1 atom stereocenters. The van der Waals surface area contributed by atoms with Crippen molar-refractivity contribution in [3.05, 3.63) is 10.6 Å². The summed E-state index contributed by atoms with van der Waals surface area (Å²) in [7, 11) is 2.05. The molecular formula is C12H18N2OS. The van der Waals surface area contributed by atoms with Crippen LogP contribution in [-0.2, 0) is 0 Å². The third-order valence-corrected chi connectivity index (χ3v) is 4.38. The average Bonchev–Trinajstić information content (AvgIpc) is 3.06. The van der Waals surface area contributed by atoms with Crippen LogP contribution >= 0.6 is 11.3 Å². The molecule has 1 unspecified atom stereocenters. The zero-order valence-corrected chi connectivity index (χ0v) is 10.9. The van der Waals surface area contributed by atoms with Crippen molar-refractivity contribution < 1.29 is 4.79 Å². The zero-order chi connectivity index (χ0) is 11.7. The largest absolute Gasteiger partial charge is 0.348 e. The van der Waals surface area contributed by atoms with Crippen molar-refractivity contribution in [3.63, 3.8) is 0 Å². The zero-order valence-electron chi connectivity index (χ0n) is 10.1. The van der Waals surface area contributed by atoms with Gasteiger partial charge in [-0.3, -0.25) is 4.79 Å². The van der Waals surface area contributed by atoms with Gasteiger partial charge in [-0.2, -0.15) is 0 Å². The van der Waals surface area contributed by atoms with Gasteiger partial charge in [0.2, 0.25) is 0 Å². The summed E-state index contributed by atoms with van der Waals surface area (Å²) in [6, 6.07) is 0.470. The first-order valence-electron chi connectivity index (χ1n) is 5.86. The summed E-state index contributed by atoms with van der Waals surface area (Å²) in [5.74, 6) is 0.551. The van der Waals surface area contributed by atoms with Gasteiger partial charge in [-0.25, -0.2) is 4.98 Å². The van der Waals surface area contributed by atoms with Crippen molar-refractivity contribution in [2.75, 3.05) is 11.9 Å². The predicted molar refractivity (Wildman–Crippen MR) is 67.6 cm³/mol. The van der Waals surface area contributed by atoms with Gasteiger partial charge in [-0.1, -0.05) is 18.3 Å². The summed E-state index contributed by atoms with van der Waals surface area (Å²) >= 11 is 1.53. The Balaban J connectivity index is 2.24. The molecule has 0 bridgehead atoms. The van der Waals surface area contributed by atoms with E-state index in [1.807, 2.05) is 0 Å². The molecule has 0 N–H and O–H groups in total. The first-order chi connectivity index (χ1) is 7.67. The monoisotopic (exact) mass is 238 g/mol. The number of aromatic nitrogens is 1. The molecule has 1 saturated carbocycles. The molecule has 0 radical (unpaired) electrons. The Morgan fingerprint density at radius 1 is 1.62 bits per heavy atom. The normalized spacial score (nSPS) is 17.2. The standard InChI is InChI=1S/C12H18N2OS/c1-4-8(2)14(3)12-13-11(9-5-6-9)10(7-15)16-12/h7-9H,4-6H2,1-3H3. The number of anilines is 1. The summed E-state index contributed by atoms with van der Waals surface area (Å²) in [6.07, 6.45) is 4.43. The van der Waals surface area contributed by atoms with E-state index in [0.717, 1.165) is 28.4 Å². The van der Waals surface area contributed by atoms with Crippen molar-refractivity contribution in [1.82, 2.24) is 4.98 Å². The van der Waals surface area contributed by atoms with Gasteiger partial charge in [0.05, 0.1) is 10.6 Å². The molecule has 4 heteroatoms. The van der Waals surface area contributed by atoms with Gasteiger partial charge in [-0.15, -0.1) is 0 Å². The van der Waals surface area contributed by atoms with Gasteiger partial charge < -0.3 is 4.90 Å². The lowest BCUT2D eigenvalue weighted by Crippen LogP contribution is -2.27. The molecular weight excluding hydrogens is 220 g/mol. The minimum atomic E-state index is 0.470. The van der Waals surface area contributed by atoms with E-state index in [0.29, 0.717) is 12.0 Å². The molecule has 0 aliphatic heterocycles. The highest BCUT2D eigenvalue weighted by atomic mass is 32.1. The van der Waals surface area contributed by atoms with Crippen molar-refractivity contribution in [2.24, 2.45) is 0 Å². The first-order valence-corrected chi connectivity index (χ1v) is 6.67. The Bertz CT molecular complexity index is 384. The second-order valence-corrected chi connectivity index (χ2v) is 5.52. The van der Waals surface area contributed by atoms with Crippen LogP contribution in [-0.4, -0.2) is 24.4 Å². The molecule has 3 nitrogen and oxygen atoms in total. The molecule has 1 aliphatic carbocycles. The maximum atomic E-state index is 11.0. The summed E-state index contributed by atoms with van der Waals surface area (Å²) in [5, 5.41) is 0.985. The average molecular weight is 238 g/mol. The number of carbonyl (C=O) groups excluding carboxylic acids is 1. The molecule has 1 fully saturated rings. The minimum Gasteiger partial charge on any atom is -0.348 e. The molecule has 1 heterocycles. The Kier molecular flexibility index (Phi) is 3.28. The number of hydrogen-bond acceptors (Lipinski definition) is 4. The van der Waals surface area contributed by atoms with Crippen LogP contribution < -0.4 is 4.90 Å². The minimum absolute atomic E-state index is 0.470. The molecule has 0 spiro atoms. The van der Waals surface area contributed by atoms with Gasteiger partial charge in [0.15, 0.2) is 11.4 Å². The highest BCUT2D eigenvalue weighted by molar-refractivity contribution is 7.17. The molecule has 1 aromatic heterocycles. The lowest BCUT2D eigenvalue weighted by atomic mass is 10.2. The fourth-order valence-electron chi connectivity index (χ4n) is 1.68. The van der Waals surface area contributed by atoms with Crippen LogP contribution in [0.1, 0.15) is 54.4 Å². The topological polar surface area (TPSA) is 33.2 Å². The number of hydrogen-bond donors (Lipinski definition) is 0. The summed E-state index contributed by atoms with van der Waals surface area (Å²) in [4.78, 5) is 18.6. The van der Waals surface area contributed by atoms with Gasteiger partial charge in [0, 0.05) is 19.0 Å². The molecule has 1 aromatic rings. The Labute approximate surface area is 100 Å². The maximum absolute atomic E-state index is 11.0. The van der Waals surface area contributed by atoms with E-state index >= 15 is 0 Å². The fourth-order valence-corrected chi connectivity index (χ4v) is 2.71. The van der Waals surface area contributed by atoms with E-state index in [-0.39, 0.29) is 0 Å². The maximum Gasteiger partial charge on any atom is 0.186 e. The Morgan fingerprint density at radius 3 is 2.81 bits per heavy atom. The number of aldehydes is 1. The van der Waals surface area contributed by atoms with Crippen LogP contribution in [0.2, 0.25) is 0 Å². The lowest BCUT2D eigenvalue weighted by Gasteiger charge is -2.22. The van der Waals surface area contributed by atoms with Crippen LogP contribution in [0.3, 0.4) is 0 Å². The Hall–Kier alpha value is -0.900. The van der Waals surface area contributed by atoms with E-state index < -0.39 is 0 Å². The second-order valence-electron chi connectivity index (χ2n) is 4.51.